The minimum Gasteiger partial charge on any atom is -0.482 e. The number of nitrogens with one attached hydrogen (secondary N) is 2. The second-order valence-corrected chi connectivity index (χ2v) is 7.28. The fraction of sp³-hybridized carbons (Fsp3) is 0.261. The summed E-state index contributed by atoms with van der Waals surface area (Å²) in [5.41, 5.74) is 3.26. The molecule has 2 amide bonds. The second kappa shape index (κ2) is 8.41. The number of H-pyrrole nitrogens is 1. The highest BCUT2D eigenvalue weighted by molar-refractivity contribution is 6.01. The van der Waals surface area contributed by atoms with Gasteiger partial charge in [0, 0.05) is 42.2 Å². The molecule has 4 rings (SSSR count). The molecule has 0 atom stereocenters. The van der Waals surface area contributed by atoms with E-state index >= 15 is 0 Å². The van der Waals surface area contributed by atoms with Gasteiger partial charge in [0.25, 0.3) is 5.91 Å². The first kappa shape index (κ1) is 19.7. The average Bonchev–Trinajstić information content (AvgIpc) is 3.16. The molecule has 0 aliphatic carbocycles. The van der Waals surface area contributed by atoms with Crippen LogP contribution >= 0.6 is 0 Å². The molecule has 154 valence electrons. The Labute approximate surface area is 174 Å². The van der Waals surface area contributed by atoms with Crippen molar-refractivity contribution < 1.29 is 19.1 Å². The van der Waals surface area contributed by atoms with E-state index in [0.29, 0.717) is 23.5 Å². The summed E-state index contributed by atoms with van der Waals surface area (Å²) in [4.78, 5) is 41.1. The SMILES string of the molecule is CC(=O)c1ccc2c(c1)N(CCC(=O)NCCc1c[nH]c3ccccc13)C(=O)CO2. The summed E-state index contributed by atoms with van der Waals surface area (Å²) in [5, 5.41) is 4.07. The highest BCUT2D eigenvalue weighted by Crippen LogP contribution is 2.33. The Hall–Kier alpha value is -3.61. The Balaban J connectivity index is 1.34. The summed E-state index contributed by atoms with van der Waals surface area (Å²) in [7, 11) is 0. The number of carbonyl (C=O) groups excluding carboxylic acids is 3. The van der Waals surface area contributed by atoms with Crippen LogP contribution in [0.5, 0.6) is 5.75 Å². The van der Waals surface area contributed by atoms with E-state index in [2.05, 4.69) is 16.4 Å². The topological polar surface area (TPSA) is 91.5 Å². The lowest BCUT2D eigenvalue weighted by Gasteiger charge is -2.29. The van der Waals surface area contributed by atoms with Gasteiger partial charge in [0.05, 0.1) is 5.69 Å². The molecule has 0 radical (unpaired) electrons. The third kappa shape index (κ3) is 4.05. The van der Waals surface area contributed by atoms with E-state index < -0.39 is 0 Å². The molecule has 1 aromatic heterocycles. The zero-order chi connectivity index (χ0) is 21.1. The van der Waals surface area contributed by atoms with Crippen molar-refractivity contribution in [2.45, 2.75) is 19.8 Å². The number of aromatic amines is 1. The maximum Gasteiger partial charge on any atom is 0.265 e. The average molecular weight is 405 g/mol. The Morgan fingerprint density at radius 3 is 2.87 bits per heavy atom. The van der Waals surface area contributed by atoms with Gasteiger partial charge in [-0.3, -0.25) is 14.4 Å². The number of ketones is 1. The van der Waals surface area contributed by atoms with Crippen LogP contribution in [0.1, 0.15) is 29.3 Å². The molecule has 2 N–H and O–H groups in total. The van der Waals surface area contributed by atoms with Crippen molar-refractivity contribution in [1.29, 1.82) is 0 Å². The lowest BCUT2D eigenvalue weighted by atomic mass is 10.1. The molecule has 3 aromatic rings. The van der Waals surface area contributed by atoms with Crippen LogP contribution in [0.15, 0.2) is 48.7 Å². The number of amides is 2. The molecular weight excluding hydrogens is 382 g/mol. The van der Waals surface area contributed by atoms with Crippen molar-refractivity contribution in [2.24, 2.45) is 0 Å². The van der Waals surface area contributed by atoms with Gasteiger partial charge in [-0.05, 0) is 43.2 Å². The highest BCUT2D eigenvalue weighted by atomic mass is 16.5. The molecule has 0 saturated heterocycles. The lowest BCUT2D eigenvalue weighted by Crippen LogP contribution is -2.41. The van der Waals surface area contributed by atoms with Crippen molar-refractivity contribution in [3.8, 4) is 5.75 Å². The first-order valence-electron chi connectivity index (χ1n) is 9.93. The van der Waals surface area contributed by atoms with Gasteiger partial charge >= 0.3 is 0 Å². The largest absolute Gasteiger partial charge is 0.482 e. The van der Waals surface area contributed by atoms with Gasteiger partial charge in [-0.25, -0.2) is 0 Å². The Morgan fingerprint density at radius 2 is 2.03 bits per heavy atom. The monoisotopic (exact) mass is 405 g/mol. The number of ether oxygens (including phenoxy) is 1. The quantitative estimate of drug-likeness (QED) is 0.592. The van der Waals surface area contributed by atoms with Gasteiger partial charge in [0.1, 0.15) is 5.75 Å². The zero-order valence-electron chi connectivity index (χ0n) is 16.7. The van der Waals surface area contributed by atoms with E-state index in [1.807, 2.05) is 24.4 Å². The van der Waals surface area contributed by atoms with E-state index in [-0.39, 0.29) is 37.2 Å². The molecule has 7 heteroatoms. The second-order valence-electron chi connectivity index (χ2n) is 7.28. The molecule has 1 aliphatic heterocycles. The van der Waals surface area contributed by atoms with E-state index in [4.69, 9.17) is 4.74 Å². The Morgan fingerprint density at radius 1 is 1.20 bits per heavy atom. The number of para-hydroxylation sites is 1. The van der Waals surface area contributed by atoms with Crippen molar-refractivity contribution in [1.82, 2.24) is 10.3 Å². The zero-order valence-corrected chi connectivity index (χ0v) is 16.7. The first-order valence-corrected chi connectivity index (χ1v) is 9.93. The van der Waals surface area contributed by atoms with Crippen molar-refractivity contribution in [2.75, 3.05) is 24.6 Å². The lowest BCUT2D eigenvalue weighted by molar-refractivity contribution is -0.122. The molecule has 2 heterocycles. The standard InChI is InChI=1S/C23H23N3O4/c1-15(27)16-6-7-21-20(12-16)26(23(29)14-30-21)11-9-22(28)24-10-8-17-13-25-19-5-3-2-4-18(17)19/h2-7,12-13,25H,8-11,14H2,1H3,(H,24,28). The van der Waals surface area contributed by atoms with Crippen molar-refractivity contribution >= 4 is 34.2 Å². The molecule has 0 fully saturated rings. The van der Waals surface area contributed by atoms with Crippen molar-refractivity contribution in [3.05, 3.63) is 59.8 Å². The van der Waals surface area contributed by atoms with E-state index in [1.54, 1.807) is 18.2 Å². The number of benzene rings is 2. The number of carbonyl (C=O) groups is 3. The Kier molecular flexibility index (Phi) is 5.52. The number of Topliss-reactive ketones (excluding diaryl/α,β-unsaturated/α-hetero) is 1. The number of aromatic nitrogens is 1. The molecule has 0 unspecified atom stereocenters. The van der Waals surface area contributed by atoms with Crippen molar-refractivity contribution in [3.63, 3.8) is 0 Å². The summed E-state index contributed by atoms with van der Waals surface area (Å²) < 4.78 is 5.44. The number of nitrogens with zero attached hydrogens (tertiary/aromatic N) is 1. The predicted octanol–water partition coefficient (Wildman–Crippen LogP) is 2.84. The van der Waals surface area contributed by atoms with E-state index in [0.717, 1.165) is 22.9 Å². The van der Waals surface area contributed by atoms with Crippen LogP contribution in [0.3, 0.4) is 0 Å². The molecule has 30 heavy (non-hydrogen) atoms. The maximum atomic E-state index is 12.3. The van der Waals surface area contributed by atoms with Crippen LogP contribution in [0.25, 0.3) is 10.9 Å². The summed E-state index contributed by atoms with van der Waals surface area (Å²) in [5.74, 6) is 0.0957. The summed E-state index contributed by atoms with van der Waals surface area (Å²) in [6, 6.07) is 13.1. The number of rotatable bonds is 7. The third-order valence-corrected chi connectivity index (χ3v) is 5.26. The fourth-order valence-electron chi connectivity index (χ4n) is 3.64. The van der Waals surface area contributed by atoms with Gasteiger partial charge in [0.15, 0.2) is 12.4 Å². The summed E-state index contributed by atoms with van der Waals surface area (Å²) in [6.45, 7) is 2.14. The van der Waals surface area contributed by atoms with Crippen LogP contribution < -0.4 is 15.0 Å². The van der Waals surface area contributed by atoms with Gasteiger partial charge in [0.2, 0.25) is 5.91 Å². The van der Waals surface area contributed by atoms with Gasteiger partial charge < -0.3 is 19.9 Å². The first-order chi connectivity index (χ1) is 14.5. The molecule has 7 nitrogen and oxygen atoms in total. The van der Waals surface area contributed by atoms with Crippen LogP contribution in [-0.4, -0.2) is 42.3 Å². The molecule has 1 aliphatic rings. The van der Waals surface area contributed by atoms with Gasteiger partial charge in [-0.2, -0.15) is 0 Å². The van der Waals surface area contributed by atoms with Crippen LogP contribution in [0, 0.1) is 0 Å². The number of anilines is 1. The minimum atomic E-state index is -0.227. The number of hydrogen-bond donors (Lipinski definition) is 2. The summed E-state index contributed by atoms with van der Waals surface area (Å²) in [6.07, 6.45) is 2.85. The molecule has 0 spiro atoms. The predicted molar refractivity (Wildman–Crippen MR) is 114 cm³/mol. The minimum absolute atomic E-state index is 0.0748. The highest BCUT2D eigenvalue weighted by Gasteiger charge is 2.26. The third-order valence-electron chi connectivity index (χ3n) is 5.26. The Bertz CT molecular complexity index is 1120. The van der Waals surface area contributed by atoms with Crippen LogP contribution in [0.2, 0.25) is 0 Å². The van der Waals surface area contributed by atoms with Crippen LogP contribution in [-0.2, 0) is 16.0 Å². The smallest absolute Gasteiger partial charge is 0.265 e. The molecule has 0 saturated carbocycles. The molecular formula is C23H23N3O4. The number of hydrogen-bond acceptors (Lipinski definition) is 4. The van der Waals surface area contributed by atoms with Crippen LogP contribution in [0.4, 0.5) is 5.69 Å². The van der Waals surface area contributed by atoms with Gasteiger partial charge in [-0.1, -0.05) is 18.2 Å². The fourth-order valence-corrected chi connectivity index (χ4v) is 3.64. The molecule has 0 bridgehead atoms. The molecule has 2 aromatic carbocycles. The number of fused-ring (bicyclic) bond motifs is 2. The van der Waals surface area contributed by atoms with E-state index in [9.17, 15) is 14.4 Å². The summed E-state index contributed by atoms with van der Waals surface area (Å²) >= 11 is 0. The van der Waals surface area contributed by atoms with E-state index in [1.165, 1.54) is 11.8 Å². The maximum absolute atomic E-state index is 12.3. The normalized spacial score (nSPS) is 13.1. The van der Waals surface area contributed by atoms with Gasteiger partial charge in [-0.15, -0.1) is 0 Å².